The van der Waals surface area contributed by atoms with Crippen molar-refractivity contribution in [3.05, 3.63) is 0 Å². The van der Waals surface area contributed by atoms with Crippen molar-refractivity contribution in [3.63, 3.8) is 0 Å². The van der Waals surface area contributed by atoms with Gasteiger partial charge in [-0.3, -0.25) is 0 Å². The fraction of sp³-hybridized carbons (Fsp3) is 0.889. The number of hydrogen-bond acceptors (Lipinski definition) is 2. The van der Waals surface area contributed by atoms with Crippen LogP contribution >= 0.6 is 0 Å². The molecule has 1 rings (SSSR count). The van der Waals surface area contributed by atoms with Gasteiger partial charge in [0.15, 0.2) is 0 Å². The first-order valence-electron chi connectivity index (χ1n) is 4.51. The normalized spacial score (nSPS) is 16.3. The van der Waals surface area contributed by atoms with Crippen molar-refractivity contribution >= 4 is 0 Å². The van der Waals surface area contributed by atoms with E-state index < -0.39 is 0 Å². The zero-order valence-electron chi connectivity index (χ0n) is 6.97. The van der Waals surface area contributed by atoms with Gasteiger partial charge in [-0.05, 0) is 25.3 Å². The van der Waals surface area contributed by atoms with Crippen molar-refractivity contribution in [2.24, 2.45) is 5.92 Å². The molecule has 1 N–H and O–H groups in total. The zero-order chi connectivity index (χ0) is 7.94. The smallest absolute Gasteiger partial charge is 0.0635 e. The molecule has 0 aliphatic heterocycles. The van der Waals surface area contributed by atoms with Crippen LogP contribution in [0.2, 0.25) is 0 Å². The van der Waals surface area contributed by atoms with Crippen LogP contribution in [-0.4, -0.2) is 13.1 Å². The molecule has 0 radical (unpaired) electrons. The molecule has 0 aromatic carbocycles. The first kappa shape index (κ1) is 8.55. The van der Waals surface area contributed by atoms with Crippen molar-refractivity contribution in [2.75, 3.05) is 13.1 Å². The Kier molecular flexibility index (Phi) is 4.00. The highest BCUT2D eigenvalue weighted by atomic mass is 14.8. The van der Waals surface area contributed by atoms with Crippen LogP contribution in [0.3, 0.4) is 0 Å². The van der Waals surface area contributed by atoms with Crippen LogP contribution in [0.1, 0.15) is 32.1 Å². The summed E-state index contributed by atoms with van der Waals surface area (Å²) in [5, 5.41) is 11.5. The molecule has 1 aliphatic carbocycles. The Balaban J connectivity index is 1.70. The fourth-order valence-corrected chi connectivity index (χ4v) is 1.19. The predicted molar refractivity (Wildman–Crippen MR) is 45.1 cm³/mol. The SMILES string of the molecule is N#CCCNCCCC1CC1. The van der Waals surface area contributed by atoms with Crippen molar-refractivity contribution in [1.29, 1.82) is 5.26 Å². The molecular formula is C9H16N2. The van der Waals surface area contributed by atoms with Gasteiger partial charge in [0.05, 0.1) is 6.07 Å². The highest BCUT2D eigenvalue weighted by molar-refractivity contribution is 4.73. The fourth-order valence-electron chi connectivity index (χ4n) is 1.19. The van der Waals surface area contributed by atoms with Crippen LogP contribution in [0, 0.1) is 17.2 Å². The molecule has 62 valence electrons. The van der Waals surface area contributed by atoms with E-state index in [1.165, 1.54) is 25.7 Å². The van der Waals surface area contributed by atoms with Gasteiger partial charge in [-0.15, -0.1) is 0 Å². The van der Waals surface area contributed by atoms with E-state index in [1.54, 1.807) is 0 Å². The molecule has 0 bridgehead atoms. The number of nitrogens with zero attached hydrogens (tertiary/aromatic N) is 1. The van der Waals surface area contributed by atoms with Gasteiger partial charge in [-0.25, -0.2) is 0 Å². The van der Waals surface area contributed by atoms with Gasteiger partial charge in [-0.1, -0.05) is 12.8 Å². The third-order valence-electron chi connectivity index (χ3n) is 2.08. The molecule has 1 aliphatic rings. The van der Waals surface area contributed by atoms with Crippen LogP contribution in [-0.2, 0) is 0 Å². The maximum Gasteiger partial charge on any atom is 0.0635 e. The average molecular weight is 152 g/mol. The highest BCUT2D eigenvalue weighted by Crippen LogP contribution is 2.33. The second-order valence-corrected chi connectivity index (χ2v) is 3.24. The van der Waals surface area contributed by atoms with Crippen molar-refractivity contribution < 1.29 is 0 Å². The molecule has 0 unspecified atom stereocenters. The van der Waals surface area contributed by atoms with Gasteiger partial charge < -0.3 is 5.32 Å². The molecule has 0 aromatic heterocycles. The molecule has 1 saturated carbocycles. The molecule has 0 atom stereocenters. The van der Waals surface area contributed by atoms with E-state index >= 15 is 0 Å². The third kappa shape index (κ3) is 4.80. The Bertz CT molecular complexity index is 133. The Morgan fingerprint density at radius 3 is 2.82 bits per heavy atom. The van der Waals surface area contributed by atoms with Gasteiger partial charge in [0.1, 0.15) is 0 Å². The third-order valence-corrected chi connectivity index (χ3v) is 2.08. The molecular weight excluding hydrogens is 136 g/mol. The second kappa shape index (κ2) is 5.15. The summed E-state index contributed by atoms with van der Waals surface area (Å²) in [5.74, 6) is 1.05. The molecule has 1 fully saturated rings. The van der Waals surface area contributed by atoms with Gasteiger partial charge >= 0.3 is 0 Å². The monoisotopic (exact) mass is 152 g/mol. The van der Waals surface area contributed by atoms with Crippen LogP contribution in [0.5, 0.6) is 0 Å². The summed E-state index contributed by atoms with van der Waals surface area (Å²) in [6.45, 7) is 1.96. The molecule has 0 heterocycles. The van der Waals surface area contributed by atoms with Crippen molar-refractivity contribution in [1.82, 2.24) is 5.32 Å². The quantitative estimate of drug-likeness (QED) is 0.588. The van der Waals surface area contributed by atoms with E-state index in [0.717, 1.165) is 19.0 Å². The van der Waals surface area contributed by atoms with Crippen molar-refractivity contribution in [3.8, 4) is 6.07 Å². The van der Waals surface area contributed by atoms with E-state index in [9.17, 15) is 0 Å². The summed E-state index contributed by atoms with van der Waals surface area (Å²) >= 11 is 0. The predicted octanol–water partition coefficient (Wildman–Crippen LogP) is 1.68. The lowest BCUT2D eigenvalue weighted by Gasteiger charge is -1.99. The minimum Gasteiger partial charge on any atom is -0.316 e. The van der Waals surface area contributed by atoms with Gasteiger partial charge in [0.25, 0.3) is 0 Å². The summed E-state index contributed by atoms with van der Waals surface area (Å²) in [6, 6.07) is 2.12. The lowest BCUT2D eigenvalue weighted by atomic mass is 10.2. The summed E-state index contributed by atoms with van der Waals surface area (Å²) < 4.78 is 0. The Morgan fingerprint density at radius 1 is 1.36 bits per heavy atom. The standard InChI is InChI=1S/C9H16N2/c10-6-2-8-11-7-1-3-9-4-5-9/h9,11H,1-5,7-8H2. The maximum absolute atomic E-state index is 8.23. The zero-order valence-corrected chi connectivity index (χ0v) is 6.97. The minimum atomic E-state index is 0.642. The molecule has 2 nitrogen and oxygen atoms in total. The Hall–Kier alpha value is -0.550. The summed E-state index contributed by atoms with van der Waals surface area (Å²) in [5.41, 5.74) is 0. The van der Waals surface area contributed by atoms with Gasteiger partial charge in [-0.2, -0.15) is 5.26 Å². The maximum atomic E-state index is 8.23. The van der Waals surface area contributed by atoms with E-state index in [4.69, 9.17) is 5.26 Å². The molecule has 2 heteroatoms. The number of rotatable bonds is 6. The topological polar surface area (TPSA) is 35.8 Å². The lowest BCUT2D eigenvalue weighted by molar-refractivity contribution is 0.598. The summed E-state index contributed by atoms with van der Waals surface area (Å²) in [6.07, 6.45) is 6.23. The van der Waals surface area contributed by atoms with Gasteiger partial charge in [0, 0.05) is 13.0 Å². The van der Waals surface area contributed by atoms with Crippen LogP contribution < -0.4 is 5.32 Å². The molecule has 0 spiro atoms. The highest BCUT2D eigenvalue weighted by Gasteiger charge is 2.19. The number of nitriles is 1. The average Bonchev–Trinajstić information content (AvgIpc) is 2.80. The van der Waals surface area contributed by atoms with E-state index in [1.807, 2.05) is 0 Å². The van der Waals surface area contributed by atoms with E-state index in [2.05, 4.69) is 11.4 Å². The second-order valence-electron chi connectivity index (χ2n) is 3.24. The largest absolute Gasteiger partial charge is 0.316 e. The Morgan fingerprint density at radius 2 is 2.18 bits per heavy atom. The van der Waals surface area contributed by atoms with Crippen LogP contribution in [0.25, 0.3) is 0 Å². The first-order chi connectivity index (χ1) is 5.43. The number of hydrogen-bond donors (Lipinski definition) is 1. The molecule has 0 aromatic rings. The van der Waals surface area contributed by atoms with Crippen molar-refractivity contribution in [2.45, 2.75) is 32.1 Å². The molecule has 11 heavy (non-hydrogen) atoms. The van der Waals surface area contributed by atoms with E-state index in [-0.39, 0.29) is 0 Å². The minimum absolute atomic E-state index is 0.642. The summed E-state index contributed by atoms with van der Waals surface area (Å²) in [4.78, 5) is 0. The summed E-state index contributed by atoms with van der Waals surface area (Å²) in [7, 11) is 0. The first-order valence-corrected chi connectivity index (χ1v) is 4.51. The molecule has 0 saturated heterocycles. The number of nitrogens with one attached hydrogen (secondary N) is 1. The van der Waals surface area contributed by atoms with Crippen LogP contribution in [0.15, 0.2) is 0 Å². The van der Waals surface area contributed by atoms with E-state index in [0.29, 0.717) is 6.42 Å². The van der Waals surface area contributed by atoms with Crippen LogP contribution in [0.4, 0.5) is 0 Å². The lowest BCUT2D eigenvalue weighted by Crippen LogP contribution is -2.16. The Labute approximate surface area is 68.6 Å². The molecule has 0 amide bonds. The van der Waals surface area contributed by atoms with Gasteiger partial charge in [0.2, 0.25) is 0 Å².